The molecule has 0 unspecified atom stereocenters. The maximum absolute atomic E-state index is 12.2. The van der Waals surface area contributed by atoms with E-state index < -0.39 is 11.9 Å². The van der Waals surface area contributed by atoms with E-state index in [0.29, 0.717) is 34.5 Å². The van der Waals surface area contributed by atoms with Crippen LogP contribution in [-0.2, 0) is 4.79 Å². The number of hydrogen-bond donors (Lipinski definition) is 2. The van der Waals surface area contributed by atoms with E-state index in [1.807, 2.05) is 49.4 Å². The number of allylic oxidation sites excluding steroid dienone is 1. The number of nitrogens with zero attached hydrogens (tertiary/aromatic N) is 3. The van der Waals surface area contributed by atoms with E-state index in [0.717, 1.165) is 11.1 Å². The Morgan fingerprint density at radius 3 is 2.34 bits per heavy atom. The lowest BCUT2D eigenvalue weighted by molar-refractivity contribution is -0.115. The molecular weight excluding hydrogens is 370 g/mol. The SMILES string of the molecule is COc1cc(OC)cc(-c2nc3n(n2)[C@@H](c2ccccc2)C(C(N)=O)=C(C)N3)c1. The molecule has 0 radical (unpaired) electrons. The van der Waals surface area contributed by atoms with Crippen LogP contribution in [0.5, 0.6) is 11.5 Å². The molecule has 2 aromatic carbocycles. The van der Waals surface area contributed by atoms with Crippen LogP contribution >= 0.6 is 0 Å². The number of hydrogen-bond acceptors (Lipinski definition) is 6. The number of benzene rings is 2. The summed E-state index contributed by atoms with van der Waals surface area (Å²) in [5.41, 5.74) is 8.43. The zero-order chi connectivity index (χ0) is 20.5. The van der Waals surface area contributed by atoms with Crippen LogP contribution in [0.25, 0.3) is 11.4 Å². The number of nitrogens with one attached hydrogen (secondary N) is 1. The maximum Gasteiger partial charge on any atom is 0.248 e. The van der Waals surface area contributed by atoms with Crippen molar-refractivity contribution in [2.75, 3.05) is 19.5 Å². The fourth-order valence-corrected chi connectivity index (χ4v) is 3.47. The lowest BCUT2D eigenvalue weighted by Crippen LogP contribution is -2.31. The Morgan fingerprint density at radius 2 is 1.76 bits per heavy atom. The van der Waals surface area contributed by atoms with Gasteiger partial charge in [-0.2, -0.15) is 4.98 Å². The number of ether oxygens (including phenoxy) is 2. The summed E-state index contributed by atoms with van der Waals surface area (Å²) in [6, 6.07) is 14.6. The molecule has 0 saturated carbocycles. The second-order valence-electron chi connectivity index (χ2n) is 6.65. The van der Waals surface area contributed by atoms with Gasteiger partial charge < -0.3 is 20.5 Å². The third kappa shape index (κ3) is 3.29. The van der Waals surface area contributed by atoms with E-state index in [9.17, 15) is 4.79 Å². The molecule has 0 spiro atoms. The van der Waals surface area contributed by atoms with Crippen molar-refractivity contribution in [3.8, 4) is 22.9 Å². The minimum absolute atomic E-state index is 0.448. The van der Waals surface area contributed by atoms with Crippen LogP contribution in [0, 0.1) is 0 Å². The Kier molecular flexibility index (Phi) is 4.67. The largest absolute Gasteiger partial charge is 0.497 e. The summed E-state index contributed by atoms with van der Waals surface area (Å²) in [5.74, 6) is 1.76. The minimum atomic E-state index is -0.505. The monoisotopic (exact) mass is 391 g/mol. The maximum atomic E-state index is 12.2. The van der Waals surface area contributed by atoms with Gasteiger partial charge in [0, 0.05) is 17.3 Å². The van der Waals surface area contributed by atoms with Crippen LogP contribution in [0.3, 0.4) is 0 Å². The summed E-state index contributed by atoms with van der Waals surface area (Å²) in [5, 5.41) is 7.83. The molecule has 8 heteroatoms. The van der Waals surface area contributed by atoms with Gasteiger partial charge in [-0.25, -0.2) is 4.68 Å². The predicted molar refractivity (Wildman–Crippen MR) is 109 cm³/mol. The number of anilines is 1. The number of aromatic nitrogens is 3. The van der Waals surface area contributed by atoms with Crippen molar-refractivity contribution < 1.29 is 14.3 Å². The lowest BCUT2D eigenvalue weighted by atomic mass is 9.95. The number of fused-ring (bicyclic) bond motifs is 1. The molecule has 2 heterocycles. The highest BCUT2D eigenvalue weighted by molar-refractivity contribution is 5.95. The minimum Gasteiger partial charge on any atom is -0.497 e. The Morgan fingerprint density at radius 1 is 1.10 bits per heavy atom. The van der Waals surface area contributed by atoms with Crippen molar-refractivity contribution in [2.24, 2.45) is 5.73 Å². The molecule has 0 saturated heterocycles. The number of primary amides is 1. The van der Waals surface area contributed by atoms with Crippen LogP contribution in [0.1, 0.15) is 18.5 Å². The fraction of sp³-hybridized carbons (Fsp3) is 0.190. The summed E-state index contributed by atoms with van der Waals surface area (Å²) < 4.78 is 12.4. The number of amides is 1. The molecule has 148 valence electrons. The van der Waals surface area contributed by atoms with Crippen LogP contribution in [0.4, 0.5) is 5.95 Å². The van der Waals surface area contributed by atoms with Crippen LogP contribution < -0.4 is 20.5 Å². The van der Waals surface area contributed by atoms with E-state index >= 15 is 0 Å². The second kappa shape index (κ2) is 7.31. The highest BCUT2D eigenvalue weighted by atomic mass is 16.5. The molecule has 8 nitrogen and oxygen atoms in total. The van der Waals surface area contributed by atoms with Crippen LogP contribution in [-0.4, -0.2) is 34.9 Å². The first kappa shape index (κ1) is 18.5. The van der Waals surface area contributed by atoms with Crippen molar-refractivity contribution in [1.82, 2.24) is 14.8 Å². The van der Waals surface area contributed by atoms with Gasteiger partial charge >= 0.3 is 0 Å². The standard InChI is InChI=1S/C21H21N5O3/c1-12-17(19(22)27)18(13-7-5-4-6-8-13)26-21(23-12)24-20(25-26)14-9-15(28-2)11-16(10-14)29-3/h4-11,18H,1-3H3,(H2,22,27)(H,23,24,25)/t18-/m0/s1. The zero-order valence-corrected chi connectivity index (χ0v) is 16.3. The van der Waals surface area contributed by atoms with Crippen molar-refractivity contribution in [3.63, 3.8) is 0 Å². The molecule has 1 aliphatic rings. The van der Waals surface area contributed by atoms with Gasteiger partial charge in [0.05, 0.1) is 19.8 Å². The smallest absolute Gasteiger partial charge is 0.248 e. The first-order valence-corrected chi connectivity index (χ1v) is 9.04. The molecule has 1 amide bonds. The number of methoxy groups -OCH3 is 2. The first-order valence-electron chi connectivity index (χ1n) is 9.04. The molecule has 29 heavy (non-hydrogen) atoms. The summed E-state index contributed by atoms with van der Waals surface area (Å²) in [7, 11) is 3.17. The van der Waals surface area contributed by atoms with E-state index in [2.05, 4.69) is 15.4 Å². The highest BCUT2D eigenvalue weighted by Gasteiger charge is 2.33. The molecule has 0 bridgehead atoms. The van der Waals surface area contributed by atoms with Crippen molar-refractivity contribution in [2.45, 2.75) is 13.0 Å². The van der Waals surface area contributed by atoms with Crippen molar-refractivity contribution >= 4 is 11.9 Å². The van der Waals surface area contributed by atoms with Crippen molar-refractivity contribution in [3.05, 3.63) is 65.4 Å². The molecular formula is C21H21N5O3. The third-order valence-corrected chi connectivity index (χ3v) is 4.84. The number of nitrogens with two attached hydrogens (primary N) is 1. The molecule has 3 aromatic rings. The van der Waals surface area contributed by atoms with Gasteiger partial charge in [0.2, 0.25) is 11.9 Å². The van der Waals surface area contributed by atoms with Gasteiger partial charge in [-0.1, -0.05) is 30.3 Å². The van der Waals surface area contributed by atoms with Gasteiger partial charge in [0.15, 0.2) is 5.82 Å². The Hall–Kier alpha value is -3.81. The average molecular weight is 391 g/mol. The van der Waals surface area contributed by atoms with Crippen LogP contribution in [0.15, 0.2) is 59.8 Å². The number of rotatable bonds is 5. The van der Waals surface area contributed by atoms with E-state index in [-0.39, 0.29) is 0 Å². The van der Waals surface area contributed by atoms with Gasteiger partial charge in [-0.05, 0) is 24.6 Å². The van der Waals surface area contributed by atoms with Gasteiger partial charge in [-0.3, -0.25) is 4.79 Å². The fourth-order valence-electron chi connectivity index (χ4n) is 3.47. The summed E-state index contributed by atoms with van der Waals surface area (Å²) >= 11 is 0. The van der Waals surface area contributed by atoms with E-state index in [4.69, 9.17) is 15.2 Å². The lowest BCUT2D eigenvalue weighted by Gasteiger charge is -2.27. The Balaban J connectivity index is 1.87. The molecule has 1 aromatic heterocycles. The molecule has 0 aliphatic carbocycles. The normalized spacial score (nSPS) is 15.5. The predicted octanol–water partition coefficient (Wildman–Crippen LogP) is 2.74. The third-order valence-electron chi connectivity index (χ3n) is 4.84. The molecule has 1 atom stereocenters. The zero-order valence-electron chi connectivity index (χ0n) is 16.3. The van der Waals surface area contributed by atoms with Gasteiger partial charge in [0.1, 0.15) is 17.5 Å². The van der Waals surface area contributed by atoms with Gasteiger partial charge in [0.25, 0.3) is 0 Å². The van der Waals surface area contributed by atoms with E-state index in [1.165, 1.54) is 0 Å². The molecule has 4 rings (SSSR count). The molecule has 0 fully saturated rings. The average Bonchev–Trinajstić information content (AvgIpc) is 3.16. The Labute approximate surface area is 168 Å². The van der Waals surface area contributed by atoms with Crippen LogP contribution in [0.2, 0.25) is 0 Å². The number of carbonyl (C=O) groups excluding carboxylic acids is 1. The topological polar surface area (TPSA) is 104 Å². The van der Waals surface area contributed by atoms with Crippen molar-refractivity contribution in [1.29, 1.82) is 0 Å². The number of carbonyl (C=O) groups is 1. The second-order valence-corrected chi connectivity index (χ2v) is 6.65. The highest BCUT2D eigenvalue weighted by Crippen LogP contribution is 2.37. The summed E-state index contributed by atoms with van der Waals surface area (Å²) in [4.78, 5) is 16.9. The molecule has 1 aliphatic heterocycles. The quantitative estimate of drug-likeness (QED) is 0.693. The Bertz CT molecular complexity index is 1080. The summed E-state index contributed by atoms with van der Waals surface area (Å²) in [6.45, 7) is 1.81. The van der Waals surface area contributed by atoms with Gasteiger partial charge in [-0.15, -0.1) is 5.10 Å². The molecule has 3 N–H and O–H groups in total. The first-order chi connectivity index (χ1) is 14.0. The summed E-state index contributed by atoms with van der Waals surface area (Å²) in [6.07, 6.45) is 0. The van der Waals surface area contributed by atoms with E-state index in [1.54, 1.807) is 25.0 Å².